The molecule has 0 amide bonds. The van der Waals surface area contributed by atoms with E-state index in [1.165, 1.54) is 6.08 Å². The number of carbonyl (C=O) groups is 1. The Morgan fingerprint density at radius 2 is 1.66 bits per heavy atom. The summed E-state index contributed by atoms with van der Waals surface area (Å²) in [7, 11) is -2.43. The van der Waals surface area contributed by atoms with Crippen molar-refractivity contribution in [2.45, 2.75) is 101 Å². The van der Waals surface area contributed by atoms with Gasteiger partial charge in [0.2, 0.25) is 0 Å². The number of esters is 1. The van der Waals surface area contributed by atoms with Gasteiger partial charge in [-0.3, -0.25) is 0 Å². The SMILES string of the molecule is C=CC(O[Si](C)(C)C(C)(C)C)(C(=O)OC(C)(C)C)C(O)C(C)C1(C)SCCCS1. The minimum Gasteiger partial charge on any atom is -0.458 e. The molecule has 4 nitrogen and oxygen atoms in total. The second-order valence-corrected chi connectivity index (χ2v) is 18.7. The molecule has 1 aliphatic heterocycles. The molecule has 1 rings (SSSR count). The van der Waals surface area contributed by atoms with E-state index in [-0.39, 0.29) is 15.0 Å². The van der Waals surface area contributed by atoms with Crippen LogP contribution in [0.15, 0.2) is 12.7 Å². The highest BCUT2D eigenvalue weighted by Gasteiger charge is 2.57. The smallest absolute Gasteiger partial charge is 0.344 e. The number of ether oxygens (including phenoxy) is 1. The third-order valence-corrected chi connectivity index (χ3v) is 14.1. The Morgan fingerprint density at radius 3 is 2.03 bits per heavy atom. The molecular weight excluding hydrogens is 420 g/mol. The number of aliphatic hydroxyl groups is 1. The van der Waals surface area contributed by atoms with Crippen LogP contribution in [0, 0.1) is 5.92 Å². The predicted molar refractivity (Wildman–Crippen MR) is 130 cm³/mol. The molecule has 170 valence electrons. The van der Waals surface area contributed by atoms with Gasteiger partial charge in [-0.05, 0) is 69.8 Å². The van der Waals surface area contributed by atoms with Gasteiger partial charge >= 0.3 is 5.97 Å². The summed E-state index contributed by atoms with van der Waals surface area (Å²) in [6.45, 7) is 24.1. The Kier molecular flexibility index (Phi) is 8.66. The van der Waals surface area contributed by atoms with Crippen LogP contribution >= 0.6 is 23.5 Å². The van der Waals surface area contributed by atoms with Gasteiger partial charge in [-0.2, -0.15) is 0 Å². The molecule has 1 saturated heterocycles. The van der Waals surface area contributed by atoms with Gasteiger partial charge < -0.3 is 14.3 Å². The Bertz CT molecular complexity index is 589. The Balaban J connectivity index is 3.44. The number of hydrogen-bond donors (Lipinski definition) is 1. The molecule has 7 heteroatoms. The first-order chi connectivity index (χ1) is 12.9. The van der Waals surface area contributed by atoms with Gasteiger partial charge in [0.1, 0.15) is 11.7 Å². The molecule has 0 aromatic carbocycles. The second-order valence-electron chi connectivity index (χ2n) is 10.7. The number of carbonyl (C=O) groups excluding carboxylic acids is 1. The first-order valence-electron chi connectivity index (χ1n) is 10.4. The molecule has 1 heterocycles. The first-order valence-corrected chi connectivity index (χ1v) is 15.3. The van der Waals surface area contributed by atoms with Crippen LogP contribution < -0.4 is 0 Å². The molecular formula is C22H42O4S2Si. The molecule has 3 unspecified atom stereocenters. The molecule has 3 atom stereocenters. The summed E-state index contributed by atoms with van der Waals surface area (Å²) in [5, 5.41) is 11.5. The van der Waals surface area contributed by atoms with Crippen molar-refractivity contribution >= 4 is 37.8 Å². The van der Waals surface area contributed by atoms with Crippen molar-refractivity contribution in [2.75, 3.05) is 11.5 Å². The van der Waals surface area contributed by atoms with E-state index >= 15 is 0 Å². The summed E-state index contributed by atoms with van der Waals surface area (Å²) < 4.78 is 12.2. The van der Waals surface area contributed by atoms with Crippen LogP contribution in [0.25, 0.3) is 0 Å². The minimum absolute atomic E-state index is 0.134. The summed E-state index contributed by atoms with van der Waals surface area (Å²) in [6, 6.07) is 0. The second kappa shape index (κ2) is 9.27. The molecule has 1 aliphatic rings. The van der Waals surface area contributed by atoms with E-state index in [0.717, 1.165) is 17.9 Å². The van der Waals surface area contributed by atoms with E-state index < -0.39 is 31.6 Å². The van der Waals surface area contributed by atoms with E-state index in [2.05, 4.69) is 47.4 Å². The van der Waals surface area contributed by atoms with Crippen molar-refractivity contribution in [1.29, 1.82) is 0 Å². The lowest BCUT2D eigenvalue weighted by Gasteiger charge is -2.49. The highest BCUT2D eigenvalue weighted by atomic mass is 32.2. The Morgan fingerprint density at radius 1 is 1.17 bits per heavy atom. The number of thioether (sulfide) groups is 2. The maximum atomic E-state index is 13.5. The van der Waals surface area contributed by atoms with Crippen LogP contribution in [0.3, 0.4) is 0 Å². The molecule has 0 saturated carbocycles. The minimum atomic E-state index is -2.43. The number of hydrogen-bond acceptors (Lipinski definition) is 6. The molecule has 0 aliphatic carbocycles. The van der Waals surface area contributed by atoms with Crippen LogP contribution in [-0.2, 0) is 14.0 Å². The fraction of sp³-hybridized carbons (Fsp3) is 0.864. The monoisotopic (exact) mass is 462 g/mol. The molecule has 0 radical (unpaired) electrons. The van der Waals surface area contributed by atoms with Crippen molar-refractivity contribution in [1.82, 2.24) is 0 Å². The molecule has 0 aromatic heterocycles. The zero-order valence-electron chi connectivity index (χ0n) is 20.0. The topological polar surface area (TPSA) is 55.8 Å². The van der Waals surface area contributed by atoms with Gasteiger partial charge in [0, 0.05) is 5.92 Å². The summed E-state index contributed by atoms with van der Waals surface area (Å²) in [6.07, 6.45) is 1.57. The Hall–Kier alpha value is 0.0469. The number of rotatable bonds is 7. The Labute approximate surface area is 188 Å². The van der Waals surface area contributed by atoms with Crippen molar-refractivity contribution in [3.63, 3.8) is 0 Å². The van der Waals surface area contributed by atoms with E-state index in [9.17, 15) is 9.90 Å². The molecule has 0 aromatic rings. The third kappa shape index (κ3) is 6.28. The molecule has 1 N–H and O–H groups in total. The number of aliphatic hydroxyl groups excluding tert-OH is 1. The van der Waals surface area contributed by atoms with Crippen molar-refractivity contribution < 1.29 is 19.1 Å². The van der Waals surface area contributed by atoms with Gasteiger partial charge in [0.05, 0.1) is 4.08 Å². The lowest BCUT2D eigenvalue weighted by Crippen LogP contribution is -2.62. The van der Waals surface area contributed by atoms with Crippen LogP contribution in [0.4, 0.5) is 0 Å². The predicted octanol–water partition coefficient (Wildman–Crippen LogP) is 5.86. The van der Waals surface area contributed by atoms with Crippen LogP contribution in [0.2, 0.25) is 18.1 Å². The average Bonchev–Trinajstić information content (AvgIpc) is 2.56. The maximum Gasteiger partial charge on any atom is 0.344 e. The van der Waals surface area contributed by atoms with Crippen molar-refractivity contribution in [2.24, 2.45) is 5.92 Å². The van der Waals surface area contributed by atoms with Crippen LogP contribution in [0.5, 0.6) is 0 Å². The maximum absolute atomic E-state index is 13.5. The van der Waals surface area contributed by atoms with Crippen molar-refractivity contribution in [3.8, 4) is 0 Å². The van der Waals surface area contributed by atoms with E-state index in [0.29, 0.717) is 0 Å². The lowest BCUT2D eigenvalue weighted by atomic mass is 9.85. The molecule has 0 bridgehead atoms. The third-order valence-electron chi connectivity index (χ3n) is 6.06. The van der Waals surface area contributed by atoms with Gasteiger partial charge in [-0.1, -0.05) is 34.3 Å². The van der Waals surface area contributed by atoms with E-state index in [1.54, 1.807) is 0 Å². The van der Waals surface area contributed by atoms with E-state index in [1.807, 2.05) is 51.2 Å². The fourth-order valence-corrected chi connectivity index (χ4v) is 7.60. The van der Waals surface area contributed by atoms with Gasteiger partial charge in [0.15, 0.2) is 13.9 Å². The van der Waals surface area contributed by atoms with E-state index in [4.69, 9.17) is 9.16 Å². The first kappa shape index (κ1) is 27.1. The largest absolute Gasteiger partial charge is 0.458 e. The summed E-state index contributed by atoms with van der Waals surface area (Å²) in [4.78, 5) is 13.5. The lowest BCUT2D eigenvalue weighted by molar-refractivity contribution is -0.182. The average molecular weight is 463 g/mol. The van der Waals surface area contributed by atoms with Gasteiger partial charge in [-0.15, -0.1) is 23.5 Å². The van der Waals surface area contributed by atoms with Crippen molar-refractivity contribution in [3.05, 3.63) is 12.7 Å². The summed E-state index contributed by atoms with van der Waals surface area (Å²) in [5.74, 6) is 1.35. The normalized spacial score (nSPS) is 22.3. The van der Waals surface area contributed by atoms with Crippen LogP contribution in [-0.4, -0.2) is 52.3 Å². The standard InChI is InChI=1S/C22H42O4S2Si/c1-12-22(18(24)25-19(3,4)5,26-29(10,11)20(6,7)8)17(23)16(2)21(9)27-14-13-15-28-21/h12,16-17,23H,1,13-15H2,2-11H3. The van der Waals surface area contributed by atoms with Gasteiger partial charge in [-0.25, -0.2) is 4.79 Å². The zero-order valence-corrected chi connectivity index (χ0v) is 22.7. The molecule has 29 heavy (non-hydrogen) atoms. The van der Waals surface area contributed by atoms with Crippen LogP contribution in [0.1, 0.15) is 61.8 Å². The molecule has 0 spiro atoms. The highest BCUT2D eigenvalue weighted by Crippen LogP contribution is 2.51. The zero-order chi connectivity index (χ0) is 22.9. The quantitative estimate of drug-likeness (QED) is 0.291. The summed E-state index contributed by atoms with van der Waals surface area (Å²) >= 11 is 3.70. The fourth-order valence-electron chi connectivity index (χ4n) is 2.97. The van der Waals surface area contributed by atoms with Gasteiger partial charge in [0.25, 0.3) is 0 Å². The summed E-state index contributed by atoms with van der Waals surface area (Å²) in [5.41, 5.74) is -2.29. The highest BCUT2D eigenvalue weighted by molar-refractivity contribution is 8.18. The molecule has 1 fully saturated rings.